The molecule has 152 valence electrons. The highest BCUT2D eigenvalue weighted by Crippen LogP contribution is 2.44. The summed E-state index contributed by atoms with van der Waals surface area (Å²) < 4.78 is 0.331. The van der Waals surface area contributed by atoms with Crippen molar-refractivity contribution >= 4 is 63.3 Å². The average Bonchev–Trinajstić information content (AvgIpc) is 3.08. The van der Waals surface area contributed by atoms with E-state index in [2.05, 4.69) is 0 Å². The van der Waals surface area contributed by atoms with Crippen molar-refractivity contribution < 1.29 is 29.4 Å². The lowest BCUT2D eigenvalue weighted by Crippen LogP contribution is -2.33. The van der Waals surface area contributed by atoms with Crippen molar-refractivity contribution in [3.8, 4) is 0 Å². The molecule has 0 saturated carbocycles. The molecule has 0 atom stereocenters. The van der Waals surface area contributed by atoms with E-state index in [9.17, 15) is 19.2 Å². The lowest BCUT2D eigenvalue weighted by atomic mass is 10.1. The van der Waals surface area contributed by atoms with E-state index in [0.29, 0.717) is 41.4 Å². The molecule has 0 unspecified atom stereocenters. The molecule has 3 rings (SSSR count). The van der Waals surface area contributed by atoms with Crippen LogP contribution in [0.3, 0.4) is 0 Å². The van der Waals surface area contributed by atoms with E-state index in [4.69, 9.17) is 22.4 Å². The van der Waals surface area contributed by atoms with Crippen LogP contribution in [0.15, 0.2) is 29.2 Å². The molecule has 1 fully saturated rings. The Balaban J connectivity index is 1.83. The summed E-state index contributed by atoms with van der Waals surface area (Å²) in [5.74, 6) is -2.92. The molecule has 0 aliphatic carbocycles. The van der Waals surface area contributed by atoms with Crippen LogP contribution in [0.2, 0.25) is 0 Å². The normalized spacial score (nSPS) is 18.6. The van der Waals surface area contributed by atoms with Crippen LogP contribution >= 0.6 is 24.0 Å². The third-order valence-corrected chi connectivity index (χ3v) is 6.01. The number of nitrogens with zero attached hydrogens (tertiary/aromatic N) is 2. The van der Waals surface area contributed by atoms with Gasteiger partial charge in [0.25, 0.3) is 11.8 Å². The highest BCUT2D eigenvalue weighted by Gasteiger charge is 2.42. The van der Waals surface area contributed by atoms with Gasteiger partial charge in [-0.05, 0) is 18.9 Å². The molecule has 2 aliphatic heterocycles. The number of aliphatic carboxylic acids is 2. The van der Waals surface area contributed by atoms with Gasteiger partial charge in [0.2, 0.25) is 0 Å². The molecule has 1 aromatic rings. The summed E-state index contributed by atoms with van der Waals surface area (Å²) in [5.41, 5.74) is 1.14. The van der Waals surface area contributed by atoms with Crippen LogP contribution in [-0.4, -0.2) is 56.3 Å². The molecule has 2 N–H and O–H groups in total. The fourth-order valence-corrected chi connectivity index (χ4v) is 4.64. The predicted octanol–water partition coefficient (Wildman–Crippen LogP) is 2.33. The van der Waals surface area contributed by atoms with Crippen molar-refractivity contribution in [3.05, 3.63) is 34.7 Å². The molecule has 2 heterocycles. The first-order valence-electron chi connectivity index (χ1n) is 8.94. The Labute approximate surface area is 176 Å². The molecule has 0 radical (unpaired) electrons. The number of carbonyl (C=O) groups excluding carboxylic acids is 2. The maximum atomic E-state index is 12.9. The second-order valence-corrected chi connectivity index (χ2v) is 8.18. The lowest BCUT2D eigenvalue weighted by Gasteiger charge is -2.14. The molecule has 0 bridgehead atoms. The number of hydrogen-bond donors (Lipinski definition) is 2. The minimum atomic E-state index is -1.15. The molecule has 0 aromatic heterocycles. The van der Waals surface area contributed by atoms with Crippen molar-refractivity contribution in [1.82, 2.24) is 4.90 Å². The van der Waals surface area contributed by atoms with Gasteiger partial charge in [-0.3, -0.25) is 29.0 Å². The fourth-order valence-electron chi connectivity index (χ4n) is 3.26. The van der Waals surface area contributed by atoms with Gasteiger partial charge in [0.05, 0.1) is 16.2 Å². The predicted molar refractivity (Wildman–Crippen MR) is 111 cm³/mol. The van der Waals surface area contributed by atoms with Gasteiger partial charge in [-0.15, -0.1) is 0 Å². The number of fused-ring (bicyclic) bond motifs is 1. The summed E-state index contributed by atoms with van der Waals surface area (Å²) in [4.78, 5) is 50.4. The zero-order valence-electron chi connectivity index (χ0n) is 15.3. The fraction of sp³-hybridized carbons (Fsp3) is 0.316. The number of carboxylic acids is 2. The monoisotopic (exact) mass is 434 g/mol. The summed E-state index contributed by atoms with van der Waals surface area (Å²) in [5, 5.41) is 17.8. The van der Waals surface area contributed by atoms with Crippen LogP contribution in [-0.2, 0) is 19.2 Å². The van der Waals surface area contributed by atoms with Crippen molar-refractivity contribution in [1.29, 1.82) is 0 Å². The first kappa shape index (κ1) is 21.0. The number of benzene rings is 1. The smallest absolute Gasteiger partial charge is 0.323 e. The number of rotatable bonds is 8. The van der Waals surface area contributed by atoms with Crippen LogP contribution in [0, 0.1) is 0 Å². The zero-order valence-corrected chi connectivity index (χ0v) is 16.9. The molecule has 1 saturated heterocycles. The number of thioether (sulfide) groups is 1. The second kappa shape index (κ2) is 8.75. The number of amides is 2. The maximum Gasteiger partial charge on any atom is 0.323 e. The van der Waals surface area contributed by atoms with Gasteiger partial charge < -0.3 is 10.2 Å². The Bertz CT molecular complexity index is 942. The minimum absolute atomic E-state index is 0.0765. The Morgan fingerprint density at radius 1 is 0.966 bits per heavy atom. The third kappa shape index (κ3) is 4.33. The average molecular weight is 434 g/mol. The number of carboxylic acid groups (broad SMARTS) is 2. The topological polar surface area (TPSA) is 115 Å². The third-order valence-electron chi connectivity index (χ3n) is 4.57. The zero-order chi connectivity index (χ0) is 21.1. The molecular weight excluding hydrogens is 416 g/mol. The van der Waals surface area contributed by atoms with E-state index in [1.165, 1.54) is 4.90 Å². The van der Waals surface area contributed by atoms with Gasteiger partial charge in [0.15, 0.2) is 0 Å². The Kier molecular flexibility index (Phi) is 6.33. The molecule has 29 heavy (non-hydrogen) atoms. The standard InChI is InChI=1S/C19H18N2O6S2/c22-13(23)8-2-1-5-9-20-18(27)16(29-19(20)28)15-11-6-3-4-7-12(11)21(17(15)26)10-14(24)25/h3-4,6-7H,1-2,5,8-10H2,(H,22,23)(H,24,25)/b16-15-. The first-order valence-corrected chi connectivity index (χ1v) is 10.2. The summed E-state index contributed by atoms with van der Waals surface area (Å²) in [6.07, 6.45) is 1.83. The quantitative estimate of drug-likeness (QED) is 0.364. The van der Waals surface area contributed by atoms with Crippen molar-refractivity contribution in [2.24, 2.45) is 0 Å². The molecule has 8 nitrogen and oxygen atoms in total. The molecule has 1 aromatic carbocycles. The lowest BCUT2D eigenvalue weighted by molar-refractivity contribution is -0.137. The second-order valence-electron chi connectivity index (χ2n) is 6.54. The van der Waals surface area contributed by atoms with Crippen LogP contribution in [0.25, 0.3) is 5.57 Å². The largest absolute Gasteiger partial charge is 0.481 e. The van der Waals surface area contributed by atoms with Gasteiger partial charge in [-0.2, -0.15) is 0 Å². The number of hydrogen-bond acceptors (Lipinski definition) is 6. The van der Waals surface area contributed by atoms with Crippen LogP contribution in [0.1, 0.15) is 31.2 Å². The van der Waals surface area contributed by atoms with Gasteiger partial charge in [0.1, 0.15) is 10.9 Å². The van der Waals surface area contributed by atoms with E-state index in [0.717, 1.165) is 16.7 Å². The Morgan fingerprint density at radius 2 is 1.69 bits per heavy atom. The highest BCUT2D eigenvalue weighted by molar-refractivity contribution is 8.26. The molecule has 10 heteroatoms. The van der Waals surface area contributed by atoms with Gasteiger partial charge in [0, 0.05) is 18.5 Å². The van der Waals surface area contributed by atoms with E-state index in [1.807, 2.05) is 0 Å². The van der Waals surface area contributed by atoms with Crippen molar-refractivity contribution in [2.75, 3.05) is 18.0 Å². The first-order chi connectivity index (χ1) is 13.8. The number of thiocarbonyl (C=S) groups is 1. The van der Waals surface area contributed by atoms with Gasteiger partial charge in [-0.25, -0.2) is 0 Å². The summed E-state index contributed by atoms with van der Waals surface area (Å²) >= 11 is 6.34. The van der Waals surface area contributed by atoms with Gasteiger partial charge in [-0.1, -0.05) is 48.6 Å². The van der Waals surface area contributed by atoms with E-state index < -0.39 is 24.4 Å². The molecule has 2 aliphatic rings. The number of anilines is 1. The minimum Gasteiger partial charge on any atom is -0.481 e. The van der Waals surface area contributed by atoms with Crippen LogP contribution < -0.4 is 4.90 Å². The van der Waals surface area contributed by atoms with Gasteiger partial charge >= 0.3 is 11.9 Å². The Morgan fingerprint density at radius 3 is 2.38 bits per heavy atom. The van der Waals surface area contributed by atoms with Crippen LogP contribution in [0.5, 0.6) is 0 Å². The van der Waals surface area contributed by atoms with E-state index >= 15 is 0 Å². The maximum absolute atomic E-state index is 12.9. The van der Waals surface area contributed by atoms with Crippen molar-refractivity contribution in [2.45, 2.75) is 25.7 Å². The summed E-state index contributed by atoms with van der Waals surface area (Å²) in [6, 6.07) is 6.75. The summed E-state index contributed by atoms with van der Waals surface area (Å²) in [7, 11) is 0. The van der Waals surface area contributed by atoms with Crippen molar-refractivity contribution in [3.63, 3.8) is 0 Å². The number of unbranched alkanes of at least 4 members (excludes halogenated alkanes) is 2. The molecule has 0 spiro atoms. The number of carbonyl (C=O) groups is 4. The van der Waals surface area contributed by atoms with Crippen LogP contribution in [0.4, 0.5) is 5.69 Å². The summed E-state index contributed by atoms with van der Waals surface area (Å²) in [6.45, 7) is -0.154. The SMILES string of the molecule is O=C(O)CCCCCN1C(=O)/C(=C2/C(=O)N(CC(=O)O)c3ccccc32)SC1=S. The number of para-hydroxylation sites is 1. The molecule has 2 amide bonds. The molecular formula is C19H18N2O6S2. The van der Waals surface area contributed by atoms with E-state index in [1.54, 1.807) is 24.3 Å². The van der Waals surface area contributed by atoms with E-state index in [-0.39, 0.29) is 22.8 Å². The Hall–Kier alpha value is -2.72. The highest BCUT2D eigenvalue weighted by atomic mass is 32.2.